The number of aromatic amines is 1. The highest BCUT2D eigenvalue weighted by atomic mass is 32.2. The molecule has 0 bridgehead atoms. The van der Waals surface area contributed by atoms with E-state index in [4.69, 9.17) is 0 Å². The molecule has 2 N–H and O–H groups in total. The summed E-state index contributed by atoms with van der Waals surface area (Å²) in [4.78, 5) is 16.7. The zero-order valence-corrected chi connectivity index (χ0v) is 16.5. The number of rotatable bonds is 8. The number of carbonyl (C=O) groups is 1. The summed E-state index contributed by atoms with van der Waals surface area (Å²) >= 11 is 1.54. The molecule has 2 aromatic carbocycles. The molecule has 0 spiro atoms. The number of aromatic nitrogens is 5. The summed E-state index contributed by atoms with van der Waals surface area (Å²) in [5.41, 5.74) is 2.66. The molecule has 0 aliphatic rings. The number of nitrogens with one attached hydrogen (secondary N) is 2. The fraction of sp³-hybridized carbons (Fsp3) is 0.143. The predicted molar refractivity (Wildman–Crippen MR) is 112 cm³/mol. The Morgan fingerprint density at radius 3 is 2.69 bits per heavy atom. The van der Waals surface area contributed by atoms with Gasteiger partial charge in [-0.2, -0.15) is 4.68 Å². The number of hydrogen-bond donors (Lipinski definition) is 2. The average molecular weight is 404 g/mol. The minimum absolute atomic E-state index is 0.0812. The second-order valence-corrected chi connectivity index (χ2v) is 7.35. The Morgan fingerprint density at radius 2 is 1.86 bits per heavy atom. The highest BCUT2D eigenvalue weighted by Crippen LogP contribution is 2.26. The maximum absolute atomic E-state index is 12.7. The second kappa shape index (κ2) is 9.20. The van der Waals surface area contributed by atoms with Crippen molar-refractivity contribution in [3.05, 3.63) is 90.0 Å². The zero-order valence-electron chi connectivity index (χ0n) is 15.7. The van der Waals surface area contributed by atoms with E-state index in [0.29, 0.717) is 17.9 Å². The van der Waals surface area contributed by atoms with Gasteiger partial charge in [-0.3, -0.25) is 4.79 Å². The summed E-state index contributed by atoms with van der Waals surface area (Å²) in [5.74, 6) is 1.19. The van der Waals surface area contributed by atoms with Crippen molar-refractivity contribution < 1.29 is 4.79 Å². The van der Waals surface area contributed by atoms with Crippen molar-refractivity contribution in [1.29, 1.82) is 0 Å². The Bertz CT molecular complexity index is 1060. The van der Waals surface area contributed by atoms with Crippen molar-refractivity contribution in [2.45, 2.75) is 17.1 Å². The molecule has 2 heterocycles. The van der Waals surface area contributed by atoms with E-state index < -0.39 is 0 Å². The third kappa shape index (κ3) is 4.72. The third-order valence-corrected chi connectivity index (χ3v) is 5.44. The molecule has 0 aliphatic heterocycles. The van der Waals surface area contributed by atoms with Gasteiger partial charge in [0.25, 0.3) is 5.91 Å². The average Bonchev–Trinajstić information content (AvgIpc) is 3.45. The lowest BCUT2D eigenvalue weighted by Gasteiger charge is -2.10. The summed E-state index contributed by atoms with van der Waals surface area (Å²) in [7, 11) is 0. The SMILES string of the molecule is O=C(NCCc1ccc[nH]1)c1ccccc1SCc1nnnn1-c1ccccc1. The van der Waals surface area contributed by atoms with Crippen LogP contribution in [0.15, 0.2) is 77.8 Å². The number of thioether (sulfide) groups is 1. The van der Waals surface area contributed by atoms with Gasteiger partial charge in [-0.25, -0.2) is 0 Å². The molecule has 0 fully saturated rings. The Kier molecular flexibility index (Phi) is 6.01. The summed E-state index contributed by atoms with van der Waals surface area (Å²) in [6.07, 6.45) is 2.64. The molecule has 8 heteroatoms. The molecule has 29 heavy (non-hydrogen) atoms. The van der Waals surface area contributed by atoms with Gasteiger partial charge in [-0.05, 0) is 46.8 Å². The highest BCUT2D eigenvalue weighted by molar-refractivity contribution is 7.98. The van der Waals surface area contributed by atoms with E-state index in [1.54, 1.807) is 16.4 Å². The van der Waals surface area contributed by atoms with Crippen molar-refractivity contribution >= 4 is 17.7 Å². The van der Waals surface area contributed by atoms with Gasteiger partial charge in [0.05, 0.1) is 17.0 Å². The Hall–Kier alpha value is -3.39. The maximum Gasteiger partial charge on any atom is 0.252 e. The van der Waals surface area contributed by atoms with Gasteiger partial charge in [0.15, 0.2) is 5.82 Å². The number of benzene rings is 2. The zero-order chi connectivity index (χ0) is 19.9. The van der Waals surface area contributed by atoms with E-state index in [9.17, 15) is 4.79 Å². The smallest absolute Gasteiger partial charge is 0.252 e. The van der Waals surface area contributed by atoms with Crippen LogP contribution in [0.1, 0.15) is 21.9 Å². The first-order valence-electron chi connectivity index (χ1n) is 9.26. The van der Waals surface area contributed by atoms with Crippen LogP contribution in [0.4, 0.5) is 0 Å². The van der Waals surface area contributed by atoms with Crippen LogP contribution in [0.2, 0.25) is 0 Å². The number of amides is 1. The fourth-order valence-corrected chi connectivity index (χ4v) is 3.87. The molecule has 2 aromatic heterocycles. The number of tetrazole rings is 1. The van der Waals surface area contributed by atoms with Crippen LogP contribution in [0, 0.1) is 0 Å². The van der Waals surface area contributed by atoms with Gasteiger partial charge in [-0.15, -0.1) is 16.9 Å². The summed E-state index contributed by atoms with van der Waals surface area (Å²) < 4.78 is 1.71. The molecule has 146 valence electrons. The normalized spacial score (nSPS) is 10.8. The summed E-state index contributed by atoms with van der Waals surface area (Å²) in [5, 5.41) is 15.0. The molecule has 4 rings (SSSR count). The van der Waals surface area contributed by atoms with Crippen LogP contribution in [0.25, 0.3) is 5.69 Å². The first-order valence-corrected chi connectivity index (χ1v) is 10.2. The molecular formula is C21H20N6OS. The number of carbonyl (C=O) groups excluding carboxylic acids is 1. The maximum atomic E-state index is 12.7. The minimum atomic E-state index is -0.0812. The number of H-pyrrole nitrogens is 1. The van der Waals surface area contributed by atoms with Crippen LogP contribution in [-0.4, -0.2) is 37.6 Å². The fourth-order valence-electron chi connectivity index (χ4n) is 2.92. The van der Waals surface area contributed by atoms with E-state index >= 15 is 0 Å². The minimum Gasteiger partial charge on any atom is -0.365 e. The molecular weight excluding hydrogens is 384 g/mol. The Morgan fingerprint density at radius 1 is 1.03 bits per heavy atom. The van der Waals surface area contributed by atoms with E-state index in [1.807, 2.05) is 72.9 Å². The molecule has 0 atom stereocenters. The van der Waals surface area contributed by atoms with Gasteiger partial charge in [0.1, 0.15) is 0 Å². The van der Waals surface area contributed by atoms with Crippen LogP contribution in [0.3, 0.4) is 0 Å². The molecule has 0 saturated carbocycles. The predicted octanol–water partition coefficient (Wildman–Crippen LogP) is 3.26. The van der Waals surface area contributed by atoms with Crippen molar-refractivity contribution in [1.82, 2.24) is 30.5 Å². The number of hydrogen-bond acceptors (Lipinski definition) is 5. The van der Waals surface area contributed by atoms with Gasteiger partial charge in [0.2, 0.25) is 0 Å². The Balaban J connectivity index is 1.41. The monoisotopic (exact) mass is 404 g/mol. The molecule has 0 unspecified atom stereocenters. The molecule has 0 aliphatic carbocycles. The van der Waals surface area contributed by atoms with Crippen LogP contribution in [-0.2, 0) is 12.2 Å². The third-order valence-electron chi connectivity index (χ3n) is 4.37. The van der Waals surface area contributed by atoms with Crippen LogP contribution in [0.5, 0.6) is 0 Å². The van der Waals surface area contributed by atoms with Crippen LogP contribution < -0.4 is 5.32 Å². The van der Waals surface area contributed by atoms with Crippen molar-refractivity contribution in [3.63, 3.8) is 0 Å². The van der Waals surface area contributed by atoms with E-state index in [0.717, 1.165) is 28.5 Å². The Labute approximate surface area is 172 Å². The molecule has 1 amide bonds. The van der Waals surface area contributed by atoms with Crippen molar-refractivity contribution in [3.8, 4) is 5.69 Å². The summed E-state index contributed by atoms with van der Waals surface area (Å²) in [6, 6.07) is 21.3. The standard InChI is InChI=1S/C21H20N6OS/c28-21(23-14-12-16-7-6-13-22-16)18-10-4-5-11-19(18)29-15-20-24-25-26-27(20)17-8-2-1-3-9-17/h1-11,13,22H,12,14-15H2,(H,23,28). The van der Waals surface area contributed by atoms with E-state index in [2.05, 4.69) is 25.8 Å². The van der Waals surface area contributed by atoms with Gasteiger partial charge in [-0.1, -0.05) is 30.3 Å². The van der Waals surface area contributed by atoms with Crippen LogP contribution >= 0.6 is 11.8 Å². The molecule has 0 saturated heterocycles. The highest BCUT2D eigenvalue weighted by Gasteiger charge is 2.14. The lowest BCUT2D eigenvalue weighted by molar-refractivity contribution is 0.0951. The first-order chi connectivity index (χ1) is 14.3. The quantitative estimate of drug-likeness (QED) is 0.440. The van der Waals surface area contributed by atoms with Crippen molar-refractivity contribution in [2.75, 3.05) is 6.54 Å². The van der Waals surface area contributed by atoms with E-state index in [-0.39, 0.29) is 5.91 Å². The number of nitrogens with zero attached hydrogens (tertiary/aromatic N) is 4. The van der Waals surface area contributed by atoms with Gasteiger partial charge < -0.3 is 10.3 Å². The first kappa shape index (κ1) is 18.9. The molecule has 7 nitrogen and oxygen atoms in total. The largest absolute Gasteiger partial charge is 0.365 e. The number of para-hydroxylation sites is 1. The lowest BCUT2D eigenvalue weighted by atomic mass is 10.2. The second-order valence-electron chi connectivity index (χ2n) is 6.33. The van der Waals surface area contributed by atoms with Gasteiger partial charge in [0, 0.05) is 29.8 Å². The lowest BCUT2D eigenvalue weighted by Crippen LogP contribution is -2.26. The van der Waals surface area contributed by atoms with Crippen molar-refractivity contribution in [2.24, 2.45) is 0 Å². The van der Waals surface area contributed by atoms with Gasteiger partial charge >= 0.3 is 0 Å². The summed E-state index contributed by atoms with van der Waals surface area (Å²) in [6.45, 7) is 0.574. The topological polar surface area (TPSA) is 88.5 Å². The molecule has 0 radical (unpaired) electrons. The molecule has 4 aromatic rings. The van der Waals surface area contributed by atoms with E-state index in [1.165, 1.54) is 0 Å².